The first kappa shape index (κ1) is 16.5. The van der Waals surface area contributed by atoms with Gasteiger partial charge in [-0.1, -0.05) is 11.6 Å². The molecule has 0 aliphatic rings. The molecule has 1 amide bonds. The van der Waals surface area contributed by atoms with Crippen LogP contribution < -0.4 is 5.32 Å². The lowest BCUT2D eigenvalue weighted by molar-refractivity contribution is 0.102. The lowest BCUT2D eigenvalue weighted by atomic mass is 10.1. The standard InChI is InChI=1S/C20H13ClN6O/c21-18-4-3-14-15(10-23-19(14)26-18)12-5-7-27-17(8-12)16(11-24-27)20(28)25-13-2-1-6-22-9-13/h1-11H,(H,23,26)(H,25,28). The molecular weight excluding hydrogens is 376 g/mol. The molecule has 0 bridgehead atoms. The fourth-order valence-electron chi connectivity index (χ4n) is 3.18. The maximum absolute atomic E-state index is 12.7. The molecule has 28 heavy (non-hydrogen) atoms. The van der Waals surface area contributed by atoms with Crippen LogP contribution in [0.4, 0.5) is 5.69 Å². The average molecular weight is 389 g/mol. The van der Waals surface area contributed by atoms with Crippen molar-refractivity contribution >= 4 is 39.7 Å². The van der Waals surface area contributed by atoms with Crippen molar-refractivity contribution in [2.45, 2.75) is 0 Å². The molecular formula is C20H13ClN6O. The first-order chi connectivity index (χ1) is 13.7. The lowest BCUT2D eigenvalue weighted by Crippen LogP contribution is -2.11. The number of H-pyrrole nitrogens is 1. The molecule has 0 atom stereocenters. The molecule has 0 unspecified atom stereocenters. The van der Waals surface area contributed by atoms with Gasteiger partial charge in [-0.25, -0.2) is 9.50 Å². The summed E-state index contributed by atoms with van der Waals surface area (Å²) in [4.78, 5) is 24.1. The molecule has 2 N–H and O–H groups in total. The van der Waals surface area contributed by atoms with Crippen LogP contribution in [0.2, 0.25) is 5.15 Å². The number of anilines is 1. The smallest absolute Gasteiger partial charge is 0.259 e. The molecule has 7 nitrogen and oxygen atoms in total. The number of carbonyl (C=O) groups is 1. The summed E-state index contributed by atoms with van der Waals surface area (Å²) in [5.74, 6) is -0.243. The summed E-state index contributed by atoms with van der Waals surface area (Å²) in [6.07, 6.45) is 8.51. The molecule has 0 aliphatic heterocycles. The maximum Gasteiger partial charge on any atom is 0.259 e. The van der Waals surface area contributed by atoms with Crippen LogP contribution in [0, 0.1) is 0 Å². The third kappa shape index (κ3) is 2.78. The molecule has 0 aliphatic carbocycles. The van der Waals surface area contributed by atoms with Gasteiger partial charge >= 0.3 is 0 Å². The molecule has 0 fully saturated rings. The molecule has 8 heteroatoms. The minimum atomic E-state index is -0.243. The summed E-state index contributed by atoms with van der Waals surface area (Å²) in [5, 5.41) is 8.51. The second kappa shape index (κ2) is 6.47. The van der Waals surface area contributed by atoms with Crippen LogP contribution in [-0.2, 0) is 0 Å². The van der Waals surface area contributed by atoms with Gasteiger partial charge in [0.25, 0.3) is 5.91 Å². The topological polar surface area (TPSA) is 88.0 Å². The van der Waals surface area contributed by atoms with E-state index in [-0.39, 0.29) is 5.91 Å². The van der Waals surface area contributed by atoms with E-state index in [2.05, 4.69) is 25.4 Å². The fourth-order valence-corrected chi connectivity index (χ4v) is 3.33. The number of halogens is 1. The second-order valence-electron chi connectivity index (χ2n) is 6.23. The Labute approximate surface area is 164 Å². The van der Waals surface area contributed by atoms with Gasteiger partial charge in [0, 0.05) is 29.5 Å². The number of hydrogen-bond acceptors (Lipinski definition) is 4. The highest BCUT2D eigenvalue weighted by molar-refractivity contribution is 6.29. The van der Waals surface area contributed by atoms with Crippen molar-refractivity contribution in [2.24, 2.45) is 0 Å². The Morgan fingerprint density at radius 1 is 1.18 bits per heavy atom. The van der Waals surface area contributed by atoms with Crippen LogP contribution in [0.15, 0.2) is 67.4 Å². The molecule has 0 radical (unpaired) electrons. The van der Waals surface area contributed by atoms with Crippen molar-refractivity contribution in [1.82, 2.24) is 24.6 Å². The van der Waals surface area contributed by atoms with E-state index in [0.717, 1.165) is 16.5 Å². The van der Waals surface area contributed by atoms with Crippen LogP contribution in [0.25, 0.3) is 27.7 Å². The Morgan fingerprint density at radius 2 is 2.11 bits per heavy atom. The van der Waals surface area contributed by atoms with E-state index >= 15 is 0 Å². The Bertz CT molecular complexity index is 1320. The number of aromatic amines is 1. The quantitative estimate of drug-likeness (QED) is 0.454. The first-order valence-electron chi connectivity index (χ1n) is 8.52. The molecule has 5 aromatic rings. The van der Waals surface area contributed by atoms with E-state index in [1.807, 2.05) is 30.6 Å². The van der Waals surface area contributed by atoms with Gasteiger partial charge in [0.05, 0.1) is 29.2 Å². The van der Waals surface area contributed by atoms with Crippen LogP contribution in [0.1, 0.15) is 10.4 Å². The molecule has 0 spiro atoms. The lowest BCUT2D eigenvalue weighted by Gasteiger charge is -2.05. The van der Waals surface area contributed by atoms with Gasteiger partial charge in [0.1, 0.15) is 10.8 Å². The molecule has 5 heterocycles. The van der Waals surface area contributed by atoms with Gasteiger partial charge in [0.15, 0.2) is 0 Å². The number of pyridine rings is 3. The minimum Gasteiger partial charge on any atom is -0.345 e. The van der Waals surface area contributed by atoms with Gasteiger partial charge in [-0.05, 0) is 42.0 Å². The maximum atomic E-state index is 12.7. The number of nitrogens with zero attached hydrogens (tertiary/aromatic N) is 4. The zero-order valence-electron chi connectivity index (χ0n) is 14.4. The SMILES string of the molecule is O=C(Nc1cccnc1)c1cnn2ccc(-c3c[nH]c4nc(Cl)ccc34)cc12. The summed E-state index contributed by atoms with van der Waals surface area (Å²) in [7, 11) is 0. The van der Waals surface area contributed by atoms with E-state index in [1.54, 1.807) is 41.3 Å². The summed E-state index contributed by atoms with van der Waals surface area (Å²) in [6.45, 7) is 0. The van der Waals surface area contributed by atoms with Gasteiger partial charge in [-0.3, -0.25) is 9.78 Å². The Balaban J connectivity index is 1.57. The van der Waals surface area contributed by atoms with E-state index in [9.17, 15) is 4.79 Å². The third-order valence-corrected chi connectivity index (χ3v) is 4.71. The van der Waals surface area contributed by atoms with Crippen LogP contribution in [-0.4, -0.2) is 30.5 Å². The molecule has 5 aromatic heterocycles. The number of fused-ring (bicyclic) bond motifs is 2. The number of hydrogen-bond donors (Lipinski definition) is 2. The van der Waals surface area contributed by atoms with Crippen LogP contribution in [0.3, 0.4) is 0 Å². The number of amides is 1. The normalized spacial score (nSPS) is 11.2. The van der Waals surface area contributed by atoms with Crippen molar-refractivity contribution in [1.29, 1.82) is 0 Å². The number of aromatic nitrogens is 5. The summed E-state index contributed by atoms with van der Waals surface area (Å²) >= 11 is 5.97. The third-order valence-electron chi connectivity index (χ3n) is 4.50. The fraction of sp³-hybridized carbons (Fsp3) is 0. The van der Waals surface area contributed by atoms with Gasteiger partial charge in [0.2, 0.25) is 0 Å². The Kier molecular flexibility index (Phi) is 3.80. The number of carbonyl (C=O) groups excluding carboxylic acids is 1. The van der Waals surface area contributed by atoms with Gasteiger partial charge in [-0.15, -0.1) is 0 Å². The van der Waals surface area contributed by atoms with Gasteiger partial charge in [-0.2, -0.15) is 5.10 Å². The van der Waals surface area contributed by atoms with Crippen LogP contribution >= 0.6 is 11.6 Å². The van der Waals surface area contributed by atoms with E-state index in [4.69, 9.17) is 11.6 Å². The van der Waals surface area contributed by atoms with Crippen molar-refractivity contribution < 1.29 is 4.79 Å². The molecule has 0 saturated heterocycles. The number of nitrogens with one attached hydrogen (secondary N) is 2. The van der Waals surface area contributed by atoms with E-state index < -0.39 is 0 Å². The number of rotatable bonds is 3. The molecule has 136 valence electrons. The highest BCUT2D eigenvalue weighted by Gasteiger charge is 2.15. The largest absolute Gasteiger partial charge is 0.345 e. The Hall–Kier alpha value is -3.71. The van der Waals surface area contributed by atoms with Crippen molar-refractivity contribution in [3.63, 3.8) is 0 Å². The zero-order valence-corrected chi connectivity index (χ0v) is 15.2. The molecule has 0 saturated carbocycles. The van der Waals surface area contributed by atoms with Crippen molar-refractivity contribution in [3.05, 3.63) is 78.1 Å². The second-order valence-corrected chi connectivity index (χ2v) is 6.62. The molecule has 5 rings (SSSR count). The summed E-state index contributed by atoms with van der Waals surface area (Å²) in [5.41, 5.74) is 4.44. The summed E-state index contributed by atoms with van der Waals surface area (Å²) < 4.78 is 1.67. The van der Waals surface area contributed by atoms with E-state index in [0.29, 0.717) is 27.6 Å². The van der Waals surface area contributed by atoms with E-state index in [1.165, 1.54) is 0 Å². The summed E-state index contributed by atoms with van der Waals surface area (Å²) in [6, 6.07) is 11.1. The molecule has 0 aromatic carbocycles. The predicted octanol–water partition coefficient (Wildman–Crippen LogP) is 4.18. The average Bonchev–Trinajstić information content (AvgIpc) is 3.31. The highest BCUT2D eigenvalue weighted by atomic mass is 35.5. The predicted molar refractivity (Wildman–Crippen MR) is 107 cm³/mol. The van der Waals surface area contributed by atoms with Crippen molar-refractivity contribution in [3.8, 4) is 11.1 Å². The monoisotopic (exact) mass is 388 g/mol. The minimum absolute atomic E-state index is 0.243. The van der Waals surface area contributed by atoms with Crippen LogP contribution in [0.5, 0.6) is 0 Å². The van der Waals surface area contributed by atoms with Gasteiger partial charge < -0.3 is 10.3 Å². The van der Waals surface area contributed by atoms with Crippen molar-refractivity contribution in [2.75, 3.05) is 5.32 Å². The highest BCUT2D eigenvalue weighted by Crippen LogP contribution is 2.30. The zero-order chi connectivity index (χ0) is 19.1. The first-order valence-corrected chi connectivity index (χ1v) is 8.89. The Morgan fingerprint density at radius 3 is 2.96 bits per heavy atom.